The number of nitrogens with zero attached hydrogens (tertiary/aromatic N) is 1. The Bertz CT molecular complexity index is 678. The fraction of sp³-hybridized carbons (Fsp3) is 0.667. The van der Waals surface area contributed by atoms with E-state index in [4.69, 9.17) is 4.42 Å². The Kier molecular flexibility index (Phi) is 5.13. The molecule has 3 N–H and O–H groups in total. The van der Waals surface area contributed by atoms with Gasteiger partial charge >= 0.3 is 0 Å². The minimum absolute atomic E-state index is 0.421. The van der Waals surface area contributed by atoms with Gasteiger partial charge in [-0.25, -0.2) is 0 Å². The lowest BCUT2D eigenvalue weighted by Crippen LogP contribution is -2.31. The van der Waals surface area contributed by atoms with E-state index in [0.717, 1.165) is 65.5 Å². The van der Waals surface area contributed by atoms with Crippen LogP contribution in [0.2, 0.25) is 0 Å². The predicted molar refractivity (Wildman–Crippen MR) is 101 cm³/mol. The Balaban J connectivity index is 1.12. The molecule has 7 nitrogen and oxygen atoms in total. The topological polar surface area (TPSA) is 92.4 Å². The summed E-state index contributed by atoms with van der Waals surface area (Å²) in [5, 5.41) is 20.0. The predicted octanol–water partition coefficient (Wildman–Crippen LogP) is 2.14. The van der Waals surface area contributed by atoms with Crippen molar-refractivity contribution in [3.05, 3.63) is 45.8 Å². The molecule has 2 unspecified atom stereocenters. The number of nitrogens with one attached hydrogen (secondary N) is 3. The highest BCUT2D eigenvalue weighted by molar-refractivity contribution is 7.98. The first-order valence-electron chi connectivity index (χ1n) is 9.31. The van der Waals surface area contributed by atoms with Gasteiger partial charge in [-0.3, -0.25) is 10.1 Å². The van der Waals surface area contributed by atoms with Gasteiger partial charge in [0.05, 0.1) is 17.2 Å². The van der Waals surface area contributed by atoms with Crippen molar-refractivity contribution >= 4 is 11.8 Å². The molecule has 26 heavy (non-hydrogen) atoms. The van der Waals surface area contributed by atoms with E-state index in [9.17, 15) is 10.1 Å². The zero-order chi connectivity index (χ0) is 18.1. The lowest BCUT2D eigenvalue weighted by molar-refractivity contribution is -0.404. The Morgan fingerprint density at radius 3 is 2.81 bits per heavy atom. The first-order valence-corrected chi connectivity index (χ1v) is 10.5. The van der Waals surface area contributed by atoms with Crippen molar-refractivity contribution in [2.75, 3.05) is 19.3 Å². The summed E-state index contributed by atoms with van der Waals surface area (Å²) in [5.74, 6) is 8.05. The third-order valence-corrected chi connectivity index (χ3v) is 6.99. The van der Waals surface area contributed by atoms with E-state index < -0.39 is 4.92 Å². The minimum Gasteiger partial charge on any atom is -0.464 e. The zero-order valence-corrected chi connectivity index (χ0v) is 15.8. The van der Waals surface area contributed by atoms with Crippen LogP contribution in [-0.2, 0) is 12.3 Å². The molecule has 8 heteroatoms. The monoisotopic (exact) mass is 378 g/mol. The molecular formula is C18H26N4O3S. The molecule has 0 amide bonds. The lowest BCUT2D eigenvalue weighted by Gasteiger charge is -2.15. The molecule has 1 heterocycles. The molecule has 0 radical (unpaired) electrons. The second kappa shape index (κ2) is 7.52. The number of thioether (sulfide) groups is 1. The number of furan rings is 1. The van der Waals surface area contributed by atoms with Gasteiger partial charge in [0.2, 0.25) is 0 Å². The molecule has 4 fully saturated rings. The minimum atomic E-state index is -0.470. The van der Waals surface area contributed by atoms with Crippen molar-refractivity contribution in [3.63, 3.8) is 0 Å². The highest BCUT2D eigenvalue weighted by Gasteiger charge is 2.68. The van der Waals surface area contributed by atoms with Crippen LogP contribution in [0, 0.1) is 33.8 Å². The molecule has 0 aliphatic heterocycles. The maximum Gasteiger partial charge on any atom is 0.274 e. The van der Waals surface area contributed by atoms with Crippen LogP contribution in [0.4, 0.5) is 0 Å². The van der Waals surface area contributed by atoms with Crippen molar-refractivity contribution in [1.82, 2.24) is 16.0 Å². The van der Waals surface area contributed by atoms with Crippen LogP contribution in [0.5, 0.6) is 0 Å². The molecule has 4 bridgehead atoms. The maximum atomic E-state index is 10.4. The number of rotatable bonds is 11. The van der Waals surface area contributed by atoms with E-state index in [1.807, 2.05) is 0 Å². The lowest BCUT2D eigenvalue weighted by atomic mass is 10.1. The van der Waals surface area contributed by atoms with Crippen molar-refractivity contribution in [3.8, 4) is 0 Å². The summed E-state index contributed by atoms with van der Waals surface area (Å²) in [4.78, 5) is 9.98. The largest absolute Gasteiger partial charge is 0.464 e. The van der Waals surface area contributed by atoms with Crippen LogP contribution in [0.1, 0.15) is 24.4 Å². The number of nitro groups is 1. The summed E-state index contributed by atoms with van der Waals surface area (Å²) in [6.45, 7) is 1.49. The van der Waals surface area contributed by atoms with Gasteiger partial charge < -0.3 is 20.4 Å². The van der Waals surface area contributed by atoms with Crippen LogP contribution in [0.25, 0.3) is 0 Å². The molecule has 4 aliphatic rings. The Labute approximate surface area is 157 Å². The summed E-state index contributed by atoms with van der Waals surface area (Å²) in [7, 11) is 1.66. The third kappa shape index (κ3) is 3.71. The molecule has 3 atom stereocenters. The maximum absolute atomic E-state index is 10.4. The van der Waals surface area contributed by atoms with Crippen LogP contribution in [-0.4, -0.2) is 30.3 Å². The van der Waals surface area contributed by atoms with E-state index in [1.54, 1.807) is 18.8 Å². The molecule has 1 aromatic rings. The van der Waals surface area contributed by atoms with Gasteiger partial charge in [0.25, 0.3) is 6.20 Å². The molecule has 4 saturated carbocycles. The SMILES string of the molecule is CN/C(=C/[N+](=O)[O-])NCCSCc1ccc(CN[C@H]2C3CC4C(C3)C42)o1. The summed E-state index contributed by atoms with van der Waals surface area (Å²) in [6, 6.07) is 4.86. The van der Waals surface area contributed by atoms with Gasteiger partial charge in [-0.15, -0.1) is 0 Å². The standard InChI is InChI=1S/C18H26N4O3S/c1-19-16(9-22(23)24)20-4-5-26-10-13-3-2-12(25-13)8-21-18-11-6-14-15(7-11)17(14)18/h2-3,9,11,14-15,17-21H,4-8,10H2,1H3/b16-9-/t11?,14?,15?,17?,18-/m0/s1. The summed E-state index contributed by atoms with van der Waals surface area (Å²) in [6.07, 6.45) is 3.84. The molecule has 142 valence electrons. The van der Waals surface area contributed by atoms with Crippen LogP contribution < -0.4 is 16.0 Å². The van der Waals surface area contributed by atoms with Gasteiger partial charge in [-0.2, -0.15) is 11.8 Å². The van der Waals surface area contributed by atoms with E-state index in [1.165, 1.54) is 12.8 Å². The fourth-order valence-corrected chi connectivity index (χ4v) is 5.67. The Hall–Kier alpha value is -1.67. The molecule has 1 aromatic heterocycles. The normalized spacial score (nSPS) is 31.3. The quantitative estimate of drug-likeness (QED) is 0.309. The van der Waals surface area contributed by atoms with E-state index in [2.05, 4.69) is 28.1 Å². The van der Waals surface area contributed by atoms with Crippen LogP contribution in [0.15, 0.2) is 28.6 Å². The van der Waals surface area contributed by atoms with Crippen LogP contribution in [0.3, 0.4) is 0 Å². The second-order valence-electron chi connectivity index (χ2n) is 7.47. The first-order chi connectivity index (χ1) is 12.7. The smallest absolute Gasteiger partial charge is 0.274 e. The van der Waals surface area contributed by atoms with Crippen molar-refractivity contribution in [1.29, 1.82) is 0 Å². The molecule has 0 saturated heterocycles. The van der Waals surface area contributed by atoms with E-state index in [-0.39, 0.29) is 0 Å². The van der Waals surface area contributed by atoms with Gasteiger partial charge in [0.1, 0.15) is 11.5 Å². The zero-order valence-electron chi connectivity index (χ0n) is 14.9. The number of hydrogen-bond acceptors (Lipinski definition) is 7. The second-order valence-corrected chi connectivity index (χ2v) is 8.57. The highest BCUT2D eigenvalue weighted by atomic mass is 32.2. The average Bonchev–Trinajstić information content (AvgIpc) is 3.13. The summed E-state index contributed by atoms with van der Waals surface area (Å²) < 4.78 is 5.93. The van der Waals surface area contributed by atoms with Crippen molar-refractivity contribution in [2.24, 2.45) is 23.7 Å². The first kappa shape index (κ1) is 17.7. The Morgan fingerprint density at radius 2 is 2.15 bits per heavy atom. The molecule has 5 rings (SSSR count). The van der Waals surface area contributed by atoms with Gasteiger partial charge in [0.15, 0.2) is 5.82 Å². The summed E-state index contributed by atoms with van der Waals surface area (Å²) in [5.41, 5.74) is 0. The van der Waals surface area contributed by atoms with Crippen molar-refractivity contribution < 1.29 is 9.34 Å². The number of hydrogen-bond donors (Lipinski definition) is 3. The van der Waals surface area contributed by atoms with E-state index in [0.29, 0.717) is 12.4 Å². The summed E-state index contributed by atoms with van der Waals surface area (Å²) >= 11 is 1.75. The molecule has 0 spiro atoms. The van der Waals surface area contributed by atoms with Crippen LogP contribution >= 0.6 is 11.8 Å². The fourth-order valence-electron chi connectivity index (χ4n) is 4.92. The van der Waals surface area contributed by atoms with E-state index >= 15 is 0 Å². The molecule has 0 aromatic carbocycles. The van der Waals surface area contributed by atoms with Gasteiger partial charge in [-0.1, -0.05) is 0 Å². The van der Waals surface area contributed by atoms with Gasteiger partial charge in [-0.05, 0) is 48.6 Å². The molecule has 4 aliphatic carbocycles. The van der Waals surface area contributed by atoms with Gasteiger partial charge in [0, 0.05) is 25.4 Å². The average molecular weight is 378 g/mol. The Morgan fingerprint density at radius 1 is 1.38 bits per heavy atom. The third-order valence-electron chi connectivity index (χ3n) is 6.01. The molecular weight excluding hydrogens is 352 g/mol. The highest BCUT2D eigenvalue weighted by Crippen LogP contribution is 2.70. The van der Waals surface area contributed by atoms with Crippen molar-refractivity contribution in [2.45, 2.75) is 31.2 Å².